The largest absolute Gasteiger partial charge is 0.439 e. The first-order valence-electron chi connectivity index (χ1n) is 13.8. The molecule has 4 aromatic heterocycles. The molecular formula is C28H34ClN7O3. The number of piperidine rings is 1. The molecular weight excluding hydrogens is 518 g/mol. The van der Waals surface area contributed by atoms with Gasteiger partial charge in [-0.3, -0.25) is 14.5 Å². The zero-order valence-corrected chi connectivity index (χ0v) is 23.3. The molecule has 0 spiro atoms. The van der Waals surface area contributed by atoms with Crippen molar-refractivity contribution in [2.24, 2.45) is 11.8 Å². The molecule has 0 amide bonds. The molecule has 1 unspecified atom stereocenters. The van der Waals surface area contributed by atoms with Gasteiger partial charge in [-0.05, 0) is 56.6 Å². The number of H-pyrrole nitrogens is 1. The lowest BCUT2D eigenvalue weighted by Crippen LogP contribution is -2.46. The summed E-state index contributed by atoms with van der Waals surface area (Å²) in [6, 6.07) is 4.04. The molecule has 1 N–H and O–H groups in total. The van der Waals surface area contributed by atoms with Crippen LogP contribution < -0.4 is 10.7 Å². The molecule has 2 aliphatic rings. The Hall–Kier alpha value is -3.24. The van der Waals surface area contributed by atoms with Gasteiger partial charge in [0.2, 0.25) is 11.8 Å². The van der Waals surface area contributed by atoms with Gasteiger partial charge in [0.25, 0.3) is 0 Å². The van der Waals surface area contributed by atoms with Crippen molar-refractivity contribution in [3.8, 4) is 22.8 Å². The van der Waals surface area contributed by atoms with Crippen molar-refractivity contribution in [3.05, 3.63) is 40.1 Å². The summed E-state index contributed by atoms with van der Waals surface area (Å²) in [4.78, 5) is 31.3. The number of rotatable bonds is 6. The van der Waals surface area contributed by atoms with Crippen LogP contribution in [0.2, 0.25) is 5.02 Å². The minimum atomic E-state index is -0.636. The van der Waals surface area contributed by atoms with Crippen LogP contribution in [0.1, 0.15) is 52.4 Å². The molecule has 5 heterocycles. The third-order valence-electron chi connectivity index (χ3n) is 8.37. The van der Waals surface area contributed by atoms with Gasteiger partial charge in [0, 0.05) is 44.2 Å². The fraction of sp³-hybridized carbons (Fsp3) is 0.536. The van der Waals surface area contributed by atoms with Crippen LogP contribution in [0.3, 0.4) is 0 Å². The molecule has 0 bridgehead atoms. The summed E-state index contributed by atoms with van der Waals surface area (Å²) in [7, 11) is 1.78. The van der Waals surface area contributed by atoms with E-state index in [1.54, 1.807) is 19.5 Å². The summed E-state index contributed by atoms with van der Waals surface area (Å²) >= 11 is 6.38. The molecule has 11 heteroatoms. The fourth-order valence-electron chi connectivity index (χ4n) is 6.06. The van der Waals surface area contributed by atoms with Crippen LogP contribution in [0.25, 0.3) is 33.8 Å². The van der Waals surface area contributed by atoms with Crippen molar-refractivity contribution >= 4 is 28.6 Å². The number of fused-ring (bicyclic) bond motifs is 1. The smallest absolute Gasteiger partial charge is 0.380 e. The molecule has 6 rings (SSSR count). The van der Waals surface area contributed by atoms with Crippen LogP contribution in [-0.2, 0) is 11.3 Å². The highest BCUT2D eigenvalue weighted by atomic mass is 35.5. The Morgan fingerprint density at radius 1 is 1.10 bits per heavy atom. The lowest BCUT2D eigenvalue weighted by Gasteiger charge is -2.38. The third kappa shape index (κ3) is 5.19. The van der Waals surface area contributed by atoms with E-state index >= 15 is 0 Å². The highest BCUT2D eigenvalue weighted by Crippen LogP contribution is 2.38. The predicted octanol–water partition coefficient (Wildman–Crippen LogP) is 5.32. The third-order valence-corrected chi connectivity index (χ3v) is 8.58. The number of halogens is 1. The van der Waals surface area contributed by atoms with Crippen LogP contribution >= 0.6 is 11.6 Å². The second kappa shape index (κ2) is 10.7. The van der Waals surface area contributed by atoms with E-state index in [2.05, 4.69) is 38.4 Å². The molecule has 1 aliphatic carbocycles. The first-order chi connectivity index (χ1) is 18.9. The first kappa shape index (κ1) is 26.0. The molecule has 206 valence electrons. The standard InChI is InChI=1S/C28H34ClN7O3/c1-16-4-7-18(8-5-16)14-36-25-22(32-27(36)35-15-21(38-3)9-6-17(35)2)11-23(26-33-28(37)39-34-26)31-24(25)19-10-20(29)13-30-12-19/h10-13,16-18,21H,4-9,14-15H2,1-3H3,(H,33,34,37)/t16-,17-,18-,21?/m1/s1. The number of aromatic amines is 1. The van der Waals surface area contributed by atoms with E-state index in [4.69, 9.17) is 30.8 Å². The summed E-state index contributed by atoms with van der Waals surface area (Å²) < 4.78 is 12.9. The van der Waals surface area contributed by atoms with Crippen LogP contribution in [0.5, 0.6) is 0 Å². The van der Waals surface area contributed by atoms with E-state index in [9.17, 15) is 4.79 Å². The summed E-state index contributed by atoms with van der Waals surface area (Å²) in [6.07, 6.45) is 10.4. The van der Waals surface area contributed by atoms with Crippen LogP contribution in [0.4, 0.5) is 5.95 Å². The number of methoxy groups -OCH3 is 1. The fourth-order valence-corrected chi connectivity index (χ4v) is 6.23. The number of nitrogens with one attached hydrogen (secondary N) is 1. The minimum absolute atomic E-state index is 0.149. The number of anilines is 1. The zero-order chi connectivity index (χ0) is 27.1. The van der Waals surface area contributed by atoms with Gasteiger partial charge in [0.15, 0.2) is 0 Å². The Labute approximate surface area is 231 Å². The number of hydrogen-bond acceptors (Lipinski definition) is 8. The molecule has 2 atom stereocenters. The van der Waals surface area contributed by atoms with Crippen molar-refractivity contribution < 1.29 is 9.26 Å². The molecule has 10 nitrogen and oxygen atoms in total. The number of hydrogen-bond donors (Lipinski definition) is 1. The summed E-state index contributed by atoms with van der Waals surface area (Å²) in [5, 5.41) is 4.41. The van der Waals surface area contributed by atoms with Crippen molar-refractivity contribution in [1.29, 1.82) is 0 Å². The Morgan fingerprint density at radius 3 is 2.64 bits per heavy atom. The number of imidazole rings is 1. The quantitative estimate of drug-likeness (QED) is 0.342. The van der Waals surface area contributed by atoms with Gasteiger partial charge in [0.1, 0.15) is 5.69 Å². The second-order valence-corrected chi connectivity index (χ2v) is 11.6. The Kier molecular flexibility index (Phi) is 7.16. The first-order valence-corrected chi connectivity index (χ1v) is 14.2. The van der Waals surface area contributed by atoms with Gasteiger partial charge in [-0.1, -0.05) is 36.5 Å². The average molecular weight is 552 g/mol. The number of aromatic nitrogens is 6. The van der Waals surface area contributed by atoms with E-state index in [0.29, 0.717) is 28.4 Å². The number of pyridine rings is 2. The molecule has 1 saturated carbocycles. The van der Waals surface area contributed by atoms with E-state index in [-0.39, 0.29) is 11.9 Å². The van der Waals surface area contributed by atoms with E-state index in [0.717, 1.165) is 54.4 Å². The molecule has 4 aromatic rings. The lowest BCUT2D eigenvalue weighted by atomic mass is 9.83. The Bertz CT molecular complexity index is 1520. The van der Waals surface area contributed by atoms with Crippen molar-refractivity contribution in [1.82, 2.24) is 29.7 Å². The van der Waals surface area contributed by atoms with E-state index < -0.39 is 5.76 Å². The van der Waals surface area contributed by atoms with Crippen LogP contribution in [0.15, 0.2) is 33.8 Å². The summed E-state index contributed by atoms with van der Waals surface area (Å²) in [5.74, 6) is 1.85. The van der Waals surface area contributed by atoms with Crippen molar-refractivity contribution in [3.63, 3.8) is 0 Å². The van der Waals surface area contributed by atoms with Crippen molar-refractivity contribution in [2.75, 3.05) is 18.6 Å². The van der Waals surface area contributed by atoms with Crippen LogP contribution in [0, 0.1) is 11.8 Å². The van der Waals surface area contributed by atoms with Gasteiger partial charge in [-0.15, -0.1) is 0 Å². The molecule has 1 saturated heterocycles. The Balaban J connectivity index is 1.57. The van der Waals surface area contributed by atoms with Gasteiger partial charge in [0.05, 0.1) is 27.9 Å². The maximum Gasteiger partial charge on any atom is 0.439 e. The van der Waals surface area contributed by atoms with Gasteiger partial charge in [-0.2, -0.15) is 0 Å². The van der Waals surface area contributed by atoms with E-state index in [1.807, 2.05) is 12.1 Å². The predicted molar refractivity (Wildman–Crippen MR) is 150 cm³/mol. The normalized spacial score (nSPS) is 23.9. The molecule has 0 aromatic carbocycles. The molecule has 1 aliphatic heterocycles. The average Bonchev–Trinajstić information content (AvgIpc) is 3.53. The van der Waals surface area contributed by atoms with Gasteiger partial charge in [-0.25, -0.2) is 14.8 Å². The Morgan fingerprint density at radius 2 is 1.92 bits per heavy atom. The van der Waals surface area contributed by atoms with Gasteiger partial charge < -0.3 is 14.2 Å². The highest BCUT2D eigenvalue weighted by molar-refractivity contribution is 6.30. The molecule has 0 radical (unpaired) electrons. The monoisotopic (exact) mass is 551 g/mol. The zero-order valence-electron chi connectivity index (χ0n) is 22.6. The van der Waals surface area contributed by atoms with Crippen LogP contribution in [-0.4, -0.2) is 55.5 Å². The van der Waals surface area contributed by atoms with Gasteiger partial charge >= 0.3 is 5.76 Å². The lowest BCUT2D eigenvalue weighted by molar-refractivity contribution is 0.0821. The summed E-state index contributed by atoms with van der Waals surface area (Å²) in [6.45, 7) is 6.22. The SMILES string of the molecule is COC1CC[C@@H](C)N(c2nc3cc(-c4noc(=O)[nH]4)nc(-c4cncc(Cl)c4)c3n2C[C@H]2CC[C@H](C)CC2)C1. The summed E-state index contributed by atoms with van der Waals surface area (Å²) in [5.41, 5.74) is 3.62. The minimum Gasteiger partial charge on any atom is -0.380 e. The maximum atomic E-state index is 11.8. The van der Waals surface area contributed by atoms with E-state index in [1.165, 1.54) is 25.7 Å². The second-order valence-electron chi connectivity index (χ2n) is 11.1. The maximum absolute atomic E-state index is 11.8. The van der Waals surface area contributed by atoms with Crippen molar-refractivity contribution in [2.45, 2.75) is 71.1 Å². The molecule has 2 fully saturated rings. The number of nitrogens with zero attached hydrogens (tertiary/aromatic N) is 6. The topological polar surface area (TPSA) is 115 Å². The number of ether oxygens (including phenoxy) is 1. The molecule has 39 heavy (non-hydrogen) atoms. The highest BCUT2D eigenvalue weighted by Gasteiger charge is 2.32.